The highest BCUT2D eigenvalue weighted by atomic mass is 32.1. The largest absolute Gasteiger partial charge is 0.391 e. The zero-order valence-electron chi connectivity index (χ0n) is 13.8. The van der Waals surface area contributed by atoms with Crippen molar-refractivity contribution in [3.63, 3.8) is 0 Å². The quantitative estimate of drug-likeness (QED) is 0.761. The number of anilines is 1. The molecule has 0 amide bonds. The Morgan fingerprint density at radius 3 is 2.76 bits per heavy atom. The summed E-state index contributed by atoms with van der Waals surface area (Å²) >= 11 is 1.44. The number of hydrogen-bond donors (Lipinski definition) is 1. The van der Waals surface area contributed by atoms with Crippen molar-refractivity contribution in [2.24, 2.45) is 10.1 Å². The van der Waals surface area contributed by atoms with E-state index < -0.39 is 0 Å². The second-order valence-corrected chi connectivity index (χ2v) is 6.75. The number of aromatic nitrogens is 4. The Labute approximate surface area is 149 Å². The van der Waals surface area contributed by atoms with E-state index in [-0.39, 0.29) is 0 Å². The minimum atomic E-state index is 0.625. The molecular formula is C17H17N7S. The van der Waals surface area contributed by atoms with E-state index in [2.05, 4.69) is 22.1 Å². The van der Waals surface area contributed by atoms with E-state index in [0.29, 0.717) is 11.6 Å². The summed E-state index contributed by atoms with van der Waals surface area (Å²) in [6, 6.07) is 9.45. The van der Waals surface area contributed by atoms with Crippen LogP contribution < -0.4 is 5.73 Å². The lowest BCUT2D eigenvalue weighted by Crippen LogP contribution is -2.12. The summed E-state index contributed by atoms with van der Waals surface area (Å²) in [6.45, 7) is 2.16. The molecule has 0 unspecified atom stereocenters. The Bertz CT molecular complexity index is 953. The van der Waals surface area contributed by atoms with Crippen LogP contribution in [-0.2, 0) is 0 Å². The summed E-state index contributed by atoms with van der Waals surface area (Å²) in [5.74, 6) is 1.28. The van der Waals surface area contributed by atoms with E-state index in [1.165, 1.54) is 11.3 Å². The molecule has 7 nitrogen and oxygen atoms in total. The molecule has 3 aromatic rings. The van der Waals surface area contributed by atoms with Crippen molar-refractivity contribution in [3.05, 3.63) is 42.4 Å². The zero-order valence-corrected chi connectivity index (χ0v) is 14.6. The van der Waals surface area contributed by atoms with Gasteiger partial charge in [-0.2, -0.15) is 9.78 Å². The van der Waals surface area contributed by atoms with Gasteiger partial charge in [-0.15, -0.1) is 10.2 Å². The van der Waals surface area contributed by atoms with Gasteiger partial charge in [-0.1, -0.05) is 30.7 Å². The number of aliphatic imine (C=N–C) groups is 1. The second kappa shape index (κ2) is 6.56. The lowest BCUT2D eigenvalue weighted by molar-refractivity contribution is 0.825. The normalized spacial score (nSPS) is 14.8. The fourth-order valence-electron chi connectivity index (χ4n) is 2.61. The van der Waals surface area contributed by atoms with Crippen LogP contribution >= 0.6 is 11.3 Å². The van der Waals surface area contributed by atoms with Gasteiger partial charge in [-0.05, 0) is 37.1 Å². The summed E-state index contributed by atoms with van der Waals surface area (Å²) in [6.07, 6.45) is 4.71. The maximum atomic E-state index is 5.82. The smallest absolute Gasteiger partial charge is 0.205 e. The van der Waals surface area contributed by atoms with Gasteiger partial charge in [0.1, 0.15) is 16.4 Å². The molecule has 1 aliphatic rings. The fraction of sp³-hybridized carbons (Fsp3) is 0.235. The molecule has 2 N–H and O–H groups in total. The van der Waals surface area contributed by atoms with Gasteiger partial charge in [-0.3, -0.25) is 4.98 Å². The van der Waals surface area contributed by atoms with Crippen molar-refractivity contribution in [1.29, 1.82) is 0 Å². The Morgan fingerprint density at radius 2 is 2.04 bits per heavy atom. The predicted octanol–water partition coefficient (Wildman–Crippen LogP) is 3.51. The van der Waals surface area contributed by atoms with E-state index in [9.17, 15) is 0 Å². The standard InChI is InChI=1S/C17H17N7S/c1-2-3-6-11-15(20-14-9-8-13(18)25-14)17-22-21-16(24(17)23-11)12-7-4-5-10-19-12/h4-5,7-10H,2-3,6,18H2,1H3/b20-15+. The van der Waals surface area contributed by atoms with Crippen LogP contribution in [0.15, 0.2) is 46.6 Å². The van der Waals surface area contributed by atoms with E-state index in [1.54, 1.807) is 10.9 Å². The van der Waals surface area contributed by atoms with Crippen LogP contribution in [0, 0.1) is 0 Å². The molecule has 0 aromatic carbocycles. The number of hydrogen-bond acceptors (Lipinski definition) is 7. The molecule has 126 valence electrons. The van der Waals surface area contributed by atoms with Crippen LogP contribution in [0.4, 0.5) is 10.0 Å². The molecule has 0 radical (unpaired) electrons. The Hall–Kier alpha value is -2.87. The predicted molar refractivity (Wildman–Crippen MR) is 101 cm³/mol. The van der Waals surface area contributed by atoms with Crippen molar-refractivity contribution in [3.8, 4) is 11.5 Å². The second-order valence-electron chi connectivity index (χ2n) is 5.66. The molecular weight excluding hydrogens is 334 g/mol. The first-order valence-electron chi connectivity index (χ1n) is 8.15. The van der Waals surface area contributed by atoms with Gasteiger partial charge in [-0.25, -0.2) is 4.99 Å². The van der Waals surface area contributed by atoms with Gasteiger partial charge >= 0.3 is 0 Å². The number of thiophene rings is 1. The van der Waals surface area contributed by atoms with Crippen LogP contribution in [-0.4, -0.2) is 31.3 Å². The molecule has 0 spiro atoms. The van der Waals surface area contributed by atoms with E-state index in [0.717, 1.165) is 46.4 Å². The first-order chi connectivity index (χ1) is 12.3. The van der Waals surface area contributed by atoms with Gasteiger partial charge < -0.3 is 5.73 Å². The zero-order chi connectivity index (χ0) is 17.2. The van der Waals surface area contributed by atoms with Gasteiger partial charge in [0.15, 0.2) is 0 Å². The van der Waals surface area contributed by atoms with Gasteiger partial charge in [0.2, 0.25) is 11.6 Å². The molecule has 3 aromatic heterocycles. The topological polar surface area (TPSA) is 94.3 Å². The number of nitrogens with zero attached hydrogens (tertiary/aromatic N) is 6. The Kier molecular flexibility index (Phi) is 4.10. The molecule has 8 heteroatoms. The van der Waals surface area contributed by atoms with E-state index >= 15 is 0 Å². The summed E-state index contributed by atoms with van der Waals surface area (Å²) in [5.41, 5.74) is 8.25. The number of fused-ring (bicyclic) bond motifs is 1. The molecule has 0 bridgehead atoms. The van der Waals surface area contributed by atoms with Crippen LogP contribution in [0.3, 0.4) is 0 Å². The lowest BCUT2D eigenvalue weighted by Gasteiger charge is -1.99. The minimum absolute atomic E-state index is 0.625. The Balaban J connectivity index is 1.79. The summed E-state index contributed by atoms with van der Waals surface area (Å²) in [7, 11) is 0. The highest BCUT2D eigenvalue weighted by molar-refractivity contribution is 7.19. The number of nitrogen functional groups attached to an aromatic ring is 1. The van der Waals surface area contributed by atoms with Gasteiger partial charge in [0, 0.05) is 6.20 Å². The molecule has 25 heavy (non-hydrogen) atoms. The average molecular weight is 351 g/mol. The maximum Gasteiger partial charge on any atom is 0.205 e. The minimum Gasteiger partial charge on any atom is -0.391 e. The van der Waals surface area contributed by atoms with Crippen molar-refractivity contribution >= 4 is 32.8 Å². The SMILES string of the molecule is CCCCC1=Nn2c(nnc2-c2ccccn2)/C1=N/c1ccc(N)s1. The summed E-state index contributed by atoms with van der Waals surface area (Å²) < 4.78 is 1.74. The average Bonchev–Trinajstić information content (AvgIpc) is 3.31. The highest BCUT2D eigenvalue weighted by Gasteiger charge is 2.28. The van der Waals surface area contributed by atoms with Crippen LogP contribution in [0.2, 0.25) is 0 Å². The Morgan fingerprint density at radius 1 is 1.16 bits per heavy atom. The molecule has 0 saturated heterocycles. The monoisotopic (exact) mass is 351 g/mol. The molecule has 0 fully saturated rings. The summed E-state index contributed by atoms with van der Waals surface area (Å²) in [4.78, 5) is 9.09. The molecule has 4 rings (SSSR count). The molecule has 4 heterocycles. The molecule has 0 aliphatic carbocycles. The van der Waals surface area contributed by atoms with Crippen molar-refractivity contribution in [2.75, 3.05) is 5.73 Å². The third kappa shape index (κ3) is 2.96. The molecule has 0 atom stereocenters. The highest BCUT2D eigenvalue weighted by Crippen LogP contribution is 2.29. The van der Waals surface area contributed by atoms with Crippen molar-refractivity contribution < 1.29 is 0 Å². The number of rotatable bonds is 5. The lowest BCUT2D eigenvalue weighted by atomic mass is 10.1. The third-order valence-electron chi connectivity index (χ3n) is 3.84. The van der Waals surface area contributed by atoms with Gasteiger partial charge in [0.25, 0.3) is 0 Å². The molecule has 1 aliphatic heterocycles. The van der Waals surface area contributed by atoms with Gasteiger partial charge in [0.05, 0.1) is 10.7 Å². The first kappa shape index (κ1) is 15.6. The fourth-order valence-corrected chi connectivity index (χ4v) is 3.26. The van der Waals surface area contributed by atoms with E-state index in [1.807, 2.05) is 30.3 Å². The summed E-state index contributed by atoms with van der Waals surface area (Å²) in [5, 5.41) is 14.9. The maximum absolute atomic E-state index is 5.82. The van der Waals surface area contributed by atoms with Crippen LogP contribution in [0.25, 0.3) is 11.5 Å². The van der Waals surface area contributed by atoms with Crippen molar-refractivity contribution in [1.82, 2.24) is 19.9 Å². The first-order valence-corrected chi connectivity index (χ1v) is 8.97. The van der Waals surface area contributed by atoms with Crippen LogP contribution in [0.1, 0.15) is 32.0 Å². The van der Waals surface area contributed by atoms with E-state index in [4.69, 9.17) is 15.8 Å². The number of unbranched alkanes of at least 4 members (excludes halogenated alkanes) is 1. The third-order valence-corrected chi connectivity index (χ3v) is 4.65. The molecule has 0 saturated carbocycles. The van der Waals surface area contributed by atoms with Crippen LogP contribution in [0.5, 0.6) is 0 Å². The number of nitrogens with two attached hydrogens (primary N) is 1. The van der Waals surface area contributed by atoms with Crippen molar-refractivity contribution in [2.45, 2.75) is 26.2 Å². The number of pyridine rings is 1.